The van der Waals surface area contributed by atoms with Crippen LogP contribution in [0.5, 0.6) is 0 Å². The molecule has 0 aromatic carbocycles. The normalized spacial score (nSPS) is 20.7. The second-order valence-electron chi connectivity index (χ2n) is 29.1. The van der Waals surface area contributed by atoms with Crippen LogP contribution >= 0.6 is 0 Å². The molecule has 9 aliphatic heterocycles. The minimum absolute atomic E-state index is 0.178. The van der Waals surface area contributed by atoms with E-state index in [-0.39, 0.29) is 6.61 Å². The summed E-state index contributed by atoms with van der Waals surface area (Å²) < 4.78 is 11.0. The van der Waals surface area contributed by atoms with Crippen LogP contribution in [-0.2, 0) is 41.6 Å². The Morgan fingerprint density at radius 1 is 0.433 bits per heavy atom. The first-order valence-electron chi connectivity index (χ1n) is 37.0. The molecule has 1 unspecified atom stereocenters. The van der Waals surface area contributed by atoms with Gasteiger partial charge in [-0.25, -0.2) is 24.9 Å². The second-order valence-corrected chi connectivity index (χ2v) is 29.1. The van der Waals surface area contributed by atoms with Crippen LogP contribution in [0.15, 0.2) is 92.3 Å². The molecule has 1 atom stereocenters. The van der Waals surface area contributed by atoms with Gasteiger partial charge in [-0.05, 0) is 207 Å². The lowest BCUT2D eigenvalue weighted by Crippen LogP contribution is -2.47. The number of hydrogen-bond acceptors (Lipinski definition) is 15. The monoisotopic (exact) mass is 1310 g/mol. The molecule has 9 aliphatic rings. The number of H-pyrrole nitrogens is 5. The van der Waals surface area contributed by atoms with Gasteiger partial charge in [0.05, 0.1) is 34.2 Å². The van der Waals surface area contributed by atoms with Crippen LogP contribution in [0.2, 0.25) is 0 Å². The summed E-state index contributed by atoms with van der Waals surface area (Å²) in [6.45, 7) is 21.7. The Hall–Kier alpha value is -7.75. The number of anilines is 5. The maximum absolute atomic E-state index is 9.09. The van der Waals surface area contributed by atoms with Crippen molar-refractivity contribution in [3.63, 3.8) is 0 Å². The lowest BCUT2D eigenvalue weighted by molar-refractivity contribution is 0.0837. The Morgan fingerprint density at radius 2 is 0.773 bits per heavy atom. The average Bonchev–Trinajstić information content (AvgIpc) is 1.74. The van der Waals surface area contributed by atoms with Gasteiger partial charge < -0.3 is 73.8 Å². The number of ether oxygens (including phenoxy) is 2. The molecule has 10 aromatic rings. The fraction of sp³-hybridized carbons (Fsp3) is 0.545. The van der Waals surface area contributed by atoms with Crippen LogP contribution in [-0.4, -0.2) is 200 Å². The number of β-amino-alcohol motifs (C(OH)–C–C–N with tert-alkyl or cyclic N) is 1. The molecule has 0 saturated carbocycles. The van der Waals surface area contributed by atoms with E-state index in [0.29, 0.717) is 42.7 Å². The largest absolute Gasteiger partial charge is 0.395 e. The minimum Gasteiger partial charge on any atom is -0.395 e. The first-order chi connectivity index (χ1) is 47.7. The molecule has 19 heterocycles. The van der Waals surface area contributed by atoms with E-state index in [9.17, 15) is 0 Å². The zero-order valence-electron chi connectivity index (χ0n) is 57.9. The maximum Gasteiger partial charge on any atom is 0.138 e. The van der Waals surface area contributed by atoms with Crippen molar-refractivity contribution in [3.8, 4) is 0 Å². The van der Waals surface area contributed by atoms with E-state index in [1.165, 1.54) is 184 Å². The standard InChI is InChI=1S/C18H26N4.C16H22N4.C16H21N3O.C15H19N3O.C12H15N3O/c1-13(2)21-10-6-15(7-11-21)22-9-3-4-14-12-20-16-5-8-19-18(22)17(14)16;1-19-9-5-13(6-10-19)20-8-2-3-12-11-18-14-4-7-17-16(20)15(12)14;1-11-8-12-9-18-14-2-5-17-16(15(12)14)19(10-11)13-3-6-20-7-4-13;1-2-11-10-17-13-3-6-16-15(14(11)13)18(7-1)12-4-8-19-9-5-12;16-7-6-15-5-1-2-9-8-14-10-3-4-13-12(15)11(9)10/h5,8,12-13,15,20H,3-4,6-7,9-11H2,1-2H3;4,7,11,13,18H,2-3,5-6,8-10H2,1H3;2,5,9,11,13,18H,3-4,6-8,10H2,1H3;3,6,10,12,17H,1-2,4-5,7-9H2;3-4,8,14,16H,1-2,5-7H2. The molecule has 0 bridgehead atoms. The number of aryl methyl sites for hydroxylation is 4. The van der Waals surface area contributed by atoms with Gasteiger partial charge in [0.2, 0.25) is 0 Å². The predicted molar refractivity (Wildman–Crippen MR) is 393 cm³/mol. The minimum atomic E-state index is 0.178. The number of aromatic amines is 5. The quantitative estimate of drug-likeness (QED) is 0.0878. The molecule has 10 aromatic heterocycles. The molecule has 0 spiro atoms. The molecule has 514 valence electrons. The molecular weight excluding hydrogens is 1210 g/mol. The smallest absolute Gasteiger partial charge is 0.138 e. The summed E-state index contributed by atoms with van der Waals surface area (Å²) in [5, 5.41) is 15.7. The van der Waals surface area contributed by atoms with Crippen molar-refractivity contribution in [2.45, 2.75) is 160 Å². The van der Waals surface area contributed by atoms with Crippen molar-refractivity contribution in [1.82, 2.24) is 59.6 Å². The van der Waals surface area contributed by atoms with E-state index in [0.717, 1.165) is 122 Å². The van der Waals surface area contributed by atoms with Crippen LogP contribution < -0.4 is 24.5 Å². The van der Waals surface area contributed by atoms with Gasteiger partial charge in [-0.2, -0.15) is 0 Å². The number of hydrogen-bond donors (Lipinski definition) is 6. The van der Waals surface area contributed by atoms with Crippen LogP contribution in [0.4, 0.5) is 29.1 Å². The van der Waals surface area contributed by atoms with Crippen molar-refractivity contribution in [3.05, 3.63) is 120 Å². The molecule has 6 N–H and O–H groups in total. The van der Waals surface area contributed by atoms with Gasteiger partial charge in [0.1, 0.15) is 29.1 Å². The number of aromatic nitrogens is 10. The highest BCUT2D eigenvalue weighted by atomic mass is 16.5. The molecule has 20 heteroatoms. The number of nitrogens with one attached hydrogen (secondary N) is 5. The summed E-state index contributed by atoms with van der Waals surface area (Å²) in [5.74, 6) is 6.46. The molecule has 4 saturated heterocycles. The summed E-state index contributed by atoms with van der Waals surface area (Å²) in [7, 11) is 2.22. The summed E-state index contributed by atoms with van der Waals surface area (Å²) in [6.07, 6.45) is 40.4. The lowest BCUT2D eigenvalue weighted by atomic mass is 10.0. The van der Waals surface area contributed by atoms with Gasteiger partial charge in [-0.1, -0.05) is 6.92 Å². The fourth-order valence-corrected chi connectivity index (χ4v) is 17.5. The van der Waals surface area contributed by atoms with Gasteiger partial charge >= 0.3 is 0 Å². The number of aliphatic hydroxyl groups excluding tert-OH is 1. The molecule has 0 radical (unpaired) electrons. The first-order valence-corrected chi connectivity index (χ1v) is 37.0. The van der Waals surface area contributed by atoms with E-state index < -0.39 is 0 Å². The highest BCUT2D eigenvalue weighted by molar-refractivity contribution is 5.97. The Morgan fingerprint density at radius 3 is 1.19 bits per heavy atom. The zero-order valence-corrected chi connectivity index (χ0v) is 57.9. The Bertz CT molecular complexity index is 4210. The van der Waals surface area contributed by atoms with Gasteiger partial charge in [0, 0.05) is 198 Å². The number of rotatable bonds is 7. The second kappa shape index (κ2) is 29.8. The van der Waals surface area contributed by atoms with Crippen molar-refractivity contribution in [1.29, 1.82) is 0 Å². The van der Waals surface area contributed by atoms with Gasteiger partial charge in [-0.3, -0.25) is 0 Å². The third-order valence-corrected chi connectivity index (χ3v) is 22.6. The average molecular weight is 1310 g/mol. The Kier molecular flexibility index (Phi) is 20.0. The first kappa shape index (κ1) is 65.2. The number of piperidine rings is 2. The van der Waals surface area contributed by atoms with Crippen LogP contribution in [0.1, 0.15) is 126 Å². The molecule has 97 heavy (non-hydrogen) atoms. The Labute approximate surface area is 571 Å². The van der Waals surface area contributed by atoms with E-state index in [2.05, 4.69) is 147 Å². The Balaban J connectivity index is 0.0000000996. The molecule has 20 nitrogen and oxygen atoms in total. The molecule has 0 amide bonds. The van der Waals surface area contributed by atoms with E-state index >= 15 is 0 Å². The van der Waals surface area contributed by atoms with Gasteiger partial charge in [0.25, 0.3) is 0 Å². The van der Waals surface area contributed by atoms with Crippen LogP contribution in [0, 0.1) is 5.92 Å². The third kappa shape index (κ3) is 13.8. The SMILES string of the molecule is CC(C)N1CCC(N2CCCc3c[nH]c4ccnc2c34)CC1.CC1Cc2c[nH]c3ccnc(c23)N(C2CCOCC2)C1.CN1CCC(N2CCCc3c[nH]c4ccnc2c34)CC1.OCCN1CCCc2c[nH]c3ccnc1c23.c1cc2[nH]cc3c2c(n1)N(C1CCOCC1)CCC3. The lowest BCUT2D eigenvalue weighted by Gasteiger charge is -2.40. The van der Waals surface area contributed by atoms with Gasteiger partial charge in [-0.15, -0.1) is 0 Å². The van der Waals surface area contributed by atoms with E-state index in [4.69, 9.17) is 34.5 Å². The van der Waals surface area contributed by atoms with Crippen molar-refractivity contribution in [2.24, 2.45) is 5.92 Å². The van der Waals surface area contributed by atoms with Crippen molar-refractivity contribution < 1.29 is 14.6 Å². The number of pyridine rings is 5. The summed E-state index contributed by atoms with van der Waals surface area (Å²) in [5.41, 5.74) is 13.1. The molecule has 0 aliphatic carbocycles. The third-order valence-electron chi connectivity index (χ3n) is 22.6. The summed E-state index contributed by atoms with van der Waals surface area (Å²) in [4.78, 5) is 57.7. The molecular formula is C77H103N17O3. The van der Waals surface area contributed by atoms with Crippen LogP contribution in [0.3, 0.4) is 0 Å². The van der Waals surface area contributed by atoms with E-state index in [1.54, 1.807) is 0 Å². The number of likely N-dealkylation sites (tertiary alicyclic amines) is 2. The topological polar surface area (TPSA) is 205 Å². The van der Waals surface area contributed by atoms with E-state index in [1.807, 2.05) is 37.1 Å². The highest BCUT2D eigenvalue weighted by Crippen LogP contribution is 2.40. The van der Waals surface area contributed by atoms with Crippen LogP contribution in [0.25, 0.3) is 54.5 Å². The maximum atomic E-state index is 9.09. The highest BCUT2D eigenvalue weighted by Gasteiger charge is 2.34. The number of nitrogens with zero attached hydrogens (tertiary/aromatic N) is 12. The van der Waals surface area contributed by atoms with Crippen molar-refractivity contribution in [2.75, 3.05) is 130 Å². The van der Waals surface area contributed by atoms with Crippen molar-refractivity contribution >= 4 is 83.6 Å². The van der Waals surface area contributed by atoms with Gasteiger partial charge in [0.15, 0.2) is 0 Å². The summed E-state index contributed by atoms with van der Waals surface area (Å²) >= 11 is 0. The molecule has 19 rings (SSSR count). The fourth-order valence-electron chi connectivity index (χ4n) is 17.5. The summed E-state index contributed by atoms with van der Waals surface area (Å²) in [6, 6.07) is 13.5. The zero-order chi connectivity index (χ0) is 65.8. The predicted octanol–water partition coefficient (Wildman–Crippen LogP) is 12.1. The molecule has 4 fully saturated rings. The number of aliphatic hydroxyl groups is 1.